The smallest absolute Gasteiger partial charge is 0.127 e. The molecular weight excluding hydrogens is 244 g/mol. The van der Waals surface area contributed by atoms with Crippen LogP contribution < -0.4 is 4.74 Å². The van der Waals surface area contributed by atoms with Crippen molar-refractivity contribution in [2.24, 2.45) is 0 Å². The summed E-state index contributed by atoms with van der Waals surface area (Å²) in [6, 6.07) is 22.6. The van der Waals surface area contributed by atoms with Gasteiger partial charge in [0.15, 0.2) is 0 Å². The van der Waals surface area contributed by atoms with Gasteiger partial charge in [0.2, 0.25) is 0 Å². The van der Waals surface area contributed by atoms with Gasteiger partial charge in [-0.25, -0.2) is 0 Å². The third-order valence-electron chi connectivity index (χ3n) is 3.34. The maximum atomic E-state index is 5.95. The van der Waals surface area contributed by atoms with E-state index >= 15 is 0 Å². The zero-order chi connectivity index (χ0) is 13.8. The molecule has 0 aliphatic heterocycles. The van der Waals surface area contributed by atoms with Crippen molar-refractivity contribution < 1.29 is 4.74 Å². The molecule has 0 aromatic heterocycles. The molecule has 98 valence electrons. The molecule has 0 saturated heterocycles. The molecule has 0 fully saturated rings. The summed E-state index contributed by atoms with van der Waals surface area (Å²) in [5, 5.41) is 2.38. The van der Waals surface area contributed by atoms with Crippen LogP contribution in [0.2, 0.25) is 0 Å². The van der Waals surface area contributed by atoms with Gasteiger partial charge in [-0.05, 0) is 28.5 Å². The highest BCUT2D eigenvalue weighted by Gasteiger charge is 2.04. The van der Waals surface area contributed by atoms with Gasteiger partial charge in [-0.1, -0.05) is 67.3 Å². The average Bonchev–Trinajstić information content (AvgIpc) is 2.53. The lowest BCUT2D eigenvalue weighted by molar-refractivity contribution is 0.306. The summed E-state index contributed by atoms with van der Waals surface area (Å²) in [5.74, 6) is 0.877. The highest BCUT2D eigenvalue weighted by molar-refractivity contribution is 5.87. The maximum Gasteiger partial charge on any atom is 0.127 e. The molecule has 0 aliphatic rings. The van der Waals surface area contributed by atoms with Gasteiger partial charge >= 0.3 is 0 Å². The first-order valence-corrected chi connectivity index (χ1v) is 6.69. The lowest BCUT2D eigenvalue weighted by Crippen LogP contribution is -1.96. The zero-order valence-corrected chi connectivity index (χ0v) is 11.3. The summed E-state index contributed by atoms with van der Waals surface area (Å²) in [7, 11) is 0. The van der Waals surface area contributed by atoms with Crippen LogP contribution in [0.5, 0.6) is 5.75 Å². The van der Waals surface area contributed by atoms with E-state index < -0.39 is 0 Å². The van der Waals surface area contributed by atoms with Gasteiger partial charge in [0.25, 0.3) is 0 Å². The highest BCUT2D eigenvalue weighted by atomic mass is 16.5. The molecule has 0 atom stereocenters. The van der Waals surface area contributed by atoms with Gasteiger partial charge in [0.1, 0.15) is 12.4 Å². The number of benzene rings is 3. The number of hydrogen-bond donors (Lipinski definition) is 0. The van der Waals surface area contributed by atoms with Crippen molar-refractivity contribution in [3.05, 3.63) is 84.4 Å². The molecule has 20 heavy (non-hydrogen) atoms. The van der Waals surface area contributed by atoms with Gasteiger partial charge in [-0.3, -0.25) is 0 Å². The van der Waals surface area contributed by atoms with Crippen LogP contribution in [-0.2, 0) is 6.61 Å². The normalized spacial score (nSPS) is 10.4. The van der Waals surface area contributed by atoms with Crippen molar-refractivity contribution in [3.8, 4) is 5.75 Å². The summed E-state index contributed by atoms with van der Waals surface area (Å²) in [6.07, 6.45) is 1.84. The van der Waals surface area contributed by atoms with E-state index in [1.807, 2.05) is 36.4 Å². The Balaban J connectivity index is 1.92. The molecule has 0 unspecified atom stereocenters. The Labute approximate surface area is 119 Å². The molecule has 1 nitrogen and oxygen atoms in total. The number of ether oxygens (including phenoxy) is 1. The Hall–Kier alpha value is -2.54. The van der Waals surface area contributed by atoms with Gasteiger partial charge in [0.05, 0.1) is 0 Å². The van der Waals surface area contributed by atoms with E-state index in [0.29, 0.717) is 6.61 Å². The lowest BCUT2D eigenvalue weighted by atomic mass is 10.1. The SMILES string of the molecule is C=Cc1cc2ccccc2cc1OCc1ccccc1. The minimum Gasteiger partial charge on any atom is -0.488 e. The van der Waals surface area contributed by atoms with Crippen LogP contribution in [0.4, 0.5) is 0 Å². The molecule has 0 heterocycles. The summed E-state index contributed by atoms with van der Waals surface area (Å²) in [5.41, 5.74) is 2.19. The van der Waals surface area contributed by atoms with Gasteiger partial charge in [0, 0.05) is 5.56 Å². The summed E-state index contributed by atoms with van der Waals surface area (Å²) < 4.78 is 5.95. The summed E-state index contributed by atoms with van der Waals surface area (Å²) >= 11 is 0. The monoisotopic (exact) mass is 260 g/mol. The van der Waals surface area contributed by atoms with Crippen LogP contribution in [0.15, 0.2) is 73.3 Å². The van der Waals surface area contributed by atoms with Crippen LogP contribution in [0.1, 0.15) is 11.1 Å². The van der Waals surface area contributed by atoms with E-state index in [9.17, 15) is 0 Å². The van der Waals surface area contributed by atoms with Crippen molar-refractivity contribution in [1.29, 1.82) is 0 Å². The van der Waals surface area contributed by atoms with Gasteiger partial charge in [-0.2, -0.15) is 0 Å². The largest absolute Gasteiger partial charge is 0.488 e. The fraction of sp³-hybridized carbons (Fsp3) is 0.0526. The fourth-order valence-electron chi connectivity index (χ4n) is 2.26. The minimum absolute atomic E-state index is 0.569. The summed E-state index contributed by atoms with van der Waals surface area (Å²) in [4.78, 5) is 0. The quantitative estimate of drug-likeness (QED) is 0.637. The number of fused-ring (bicyclic) bond motifs is 1. The minimum atomic E-state index is 0.569. The zero-order valence-electron chi connectivity index (χ0n) is 11.3. The van der Waals surface area contributed by atoms with Crippen molar-refractivity contribution >= 4 is 16.8 Å². The molecule has 0 amide bonds. The molecule has 0 radical (unpaired) electrons. The molecule has 3 aromatic rings. The molecule has 0 N–H and O–H groups in total. The Morgan fingerprint density at radius 1 is 0.850 bits per heavy atom. The first-order valence-electron chi connectivity index (χ1n) is 6.69. The van der Waals surface area contributed by atoms with Crippen LogP contribution in [0.3, 0.4) is 0 Å². The fourth-order valence-corrected chi connectivity index (χ4v) is 2.26. The topological polar surface area (TPSA) is 9.23 Å². The Morgan fingerprint density at radius 3 is 2.20 bits per heavy atom. The second-order valence-electron chi connectivity index (χ2n) is 4.72. The molecule has 0 bridgehead atoms. The van der Waals surface area contributed by atoms with Crippen molar-refractivity contribution in [3.63, 3.8) is 0 Å². The molecular formula is C19H16O. The Morgan fingerprint density at radius 2 is 1.50 bits per heavy atom. The van der Waals surface area contributed by atoms with Crippen molar-refractivity contribution in [2.45, 2.75) is 6.61 Å². The molecule has 1 heteroatoms. The molecule has 0 saturated carbocycles. The third kappa shape index (κ3) is 2.57. The maximum absolute atomic E-state index is 5.95. The van der Waals surface area contributed by atoms with Gasteiger partial charge < -0.3 is 4.74 Å². The van der Waals surface area contributed by atoms with E-state index in [0.717, 1.165) is 16.9 Å². The van der Waals surface area contributed by atoms with E-state index in [1.54, 1.807) is 0 Å². The first kappa shape index (κ1) is 12.5. The Bertz CT molecular complexity index is 729. The van der Waals surface area contributed by atoms with Crippen LogP contribution in [-0.4, -0.2) is 0 Å². The van der Waals surface area contributed by atoms with Gasteiger partial charge in [-0.15, -0.1) is 0 Å². The average molecular weight is 260 g/mol. The first-order chi connectivity index (χ1) is 9.86. The third-order valence-corrected chi connectivity index (χ3v) is 3.34. The second-order valence-corrected chi connectivity index (χ2v) is 4.72. The van der Waals surface area contributed by atoms with Crippen molar-refractivity contribution in [1.82, 2.24) is 0 Å². The van der Waals surface area contributed by atoms with Crippen LogP contribution in [0.25, 0.3) is 16.8 Å². The molecule has 3 aromatic carbocycles. The molecule has 3 rings (SSSR count). The van der Waals surface area contributed by atoms with E-state index in [2.05, 4.69) is 43.0 Å². The number of rotatable bonds is 4. The molecule has 0 aliphatic carbocycles. The molecule has 0 spiro atoms. The second kappa shape index (κ2) is 5.62. The van der Waals surface area contributed by atoms with Crippen LogP contribution in [0, 0.1) is 0 Å². The standard InChI is InChI=1S/C19H16O/c1-2-16-12-17-10-6-7-11-18(17)13-19(16)20-14-15-8-4-3-5-9-15/h2-13H,1,14H2. The highest BCUT2D eigenvalue weighted by Crippen LogP contribution is 2.27. The predicted molar refractivity (Wildman–Crippen MR) is 84.8 cm³/mol. The van der Waals surface area contributed by atoms with E-state index in [4.69, 9.17) is 4.74 Å². The predicted octanol–water partition coefficient (Wildman–Crippen LogP) is 5.06. The van der Waals surface area contributed by atoms with Crippen LogP contribution >= 0.6 is 0 Å². The summed E-state index contributed by atoms with van der Waals surface area (Å²) in [6.45, 7) is 4.44. The van der Waals surface area contributed by atoms with E-state index in [-0.39, 0.29) is 0 Å². The van der Waals surface area contributed by atoms with E-state index in [1.165, 1.54) is 10.8 Å². The number of hydrogen-bond acceptors (Lipinski definition) is 1. The lowest BCUT2D eigenvalue weighted by Gasteiger charge is -2.11. The Kier molecular flexibility index (Phi) is 3.51. The van der Waals surface area contributed by atoms with Crippen molar-refractivity contribution in [2.75, 3.05) is 0 Å².